The third-order valence-corrected chi connectivity index (χ3v) is 4.30. The summed E-state index contributed by atoms with van der Waals surface area (Å²) in [6.07, 6.45) is 6.65. The van der Waals surface area contributed by atoms with Crippen LogP contribution in [0.1, 0.15) is 39.5 Å². The van der Waals surface area contributed by atoms with Crippen LogP contribution in [0.25, 0.3) is 0 Å². The number of halogens is 2. The van der Waals surface area contributed by atoms with Gasteiger partial charge in [-0.05, 0) is 53.1 Å². The Balaban J connectivity index is 1.98. The minimum absolute atomic E-state index is 0.503. The highest BCUT2D eigenvalue weighted by molar-refractivity contribution is 9.10. The number of rotatable bonds is 2. The fourth-order valence-electron chi connectivity index (χ4n) is 2.26. The lowest BCUT2D eigenvalue weighted by Crippen LogP contribution is -2.30. The van der Waals surface area contributed by atoms with E-state index in [0.717, 1.165) is 10.3 Å². The van der Waals surface area contributed by atoms with Crippen molar-refractivity contribution in [3.63, 3.8) is 0 Å². The molecule has 1 N–H and O–H groups in total. The van der Waals surface area contributed by atoms with Crippen LogP contribution >= 0.6 is 27.5 Å². The van der Waals surface area contributed by atoms with Crippen molar-refractivity contribution in [2.75, 3.05) is 5.32 Å². The summed E-state index contributed by atoms with van der Waals surface area (Å²) >= 11 is 9.36. The van der Waals surface area contributed by atoms with Crippen LogP contribution in [0.4, 0.5) is 5.82 Å². The first-order valence-electron chi connectivity index (χ1n) is 6.04. The molecule has 0 saturated heterocycles. The Bertz CT molecular complexity index is 396. The van der Waals surface area contributed by atoms with E-state index in [1.807, 2.05) is 6.07 Å². The second-order valence-electron chi connectivity index (χ2n) is 5.57. The fraction of sp³-hybridized carbons (Fsp3) is 0.615. The maximum absolute atomic E-state index is 5.88. The van der Waals surface area contributed by atoms with Crippen LogP contribution in [0.3, 0.4) is 0 Å². The van der Waals surface area contributed by atoms with Crippen molar-refractivity contribution < 1.29 is 0 Å². The van der Waals surface area contributed by atoms with E-state index in [2.05, 4.69) is 40.1 Å². The van der Waals surface area contributed by atoms with Crippen LogP contribution in [0.2, 0.25) is 5.02 Å². The molecule has 0 spiro atoms. The average Bonchev–Trinajstić information content (AvgIpc) is 2.25. The lowest BCUT2D eigenvalue weighted by molar-refractivity contribution is 0.232. The first-order chi connectivity index (χ1) is 7.96. The van der Waals surface area contributed by atoms with Gasteiger partial charge < -0.3 is 5.32 Å². The van der Waals surface area contributed by atoms with Crippen molar-refractivity contribution in [2.45, 2.75) is 45.6 Å². The van der Waals surface area contributed by atoms with Gasteiger partial charge in [-0.25, -0.2) is 4.98 Å². The van der Waals surface area contributed by atoms with E-state index >= 15 is 0 Å². The Kier molecular flexibility index (Phi) is 3.99. The summed E-state index contributed by atoms with van der Waals surface area (Å²) in [7, 11) is 0. The third-order valence-electron chi connectivity index (χ3n) is 3.49. The van der Waals surface area contributed by atoms with E-state index in [4.69, 9.17) is 11.6 Å². The Morgan fingerprint density at radius 3 is 2.65 bits per heavy atom. The van der Waals surface area contributed by atoms with Crippen LogP contribution in [-0.4, -0.2) is 11.0 Å². The van der Waals surface area contributed by atoms with Crippen LogP contribution in [0.15, 0.2) is 16.7 Å². The molecule has 0 aromatic carbocycles. The van der Waals surface area contributed by atoms with Gasteiger partial charge in [0, 0.05) is 12.2 Å². The SMILES string of the molecule is CC1(C)CCC(Nc2ncc(Cl)cc2Br)CC1. The molecule has 1 fully saturated rings. The second kappa shape index (κ2) is 5.15. The van der Waals surface area contributed by atoms with Gasteiger partial charge in [0.1, 0.15) is 5.82 Å². The van der Waals surface area contributed by atoms with Gasteiger partial charge in [0.2, 0.25) is 0 Å². The molecular formula is C13H18BrClN2. The predicted octanol–water partition coefficient (Wildman–Crippen LogP) is 4.88. The molecule has 4 heteroatoms. The van der Waals surface area contributed by atoms with E-state index in [-0.39, 0.29) is 0 Å². The molecule has 0 radical (unpaired) electrons. The molecule has 1 aliphatic rings. The lowest BCUT2D eigenvalue weighted by atomic mass is 9.75. The van der Waals surface area contributed by atoms with Crippen molar-refractivity contribution in [3.05, 3.63) is 21.8 Å². The second-order valence-corrected chi connectivity index (χ2v) is 6.86. The normalized spacial score (nSPS) is 20.2. The largest absolute Gasteiger partial charge is 0.366 e. The molecule has 1 heterocycles. The molecule has 0 aliphatic heterocycles. The van der Waals surface area contributed by atoms with Crippen molar-refractivity contribution in [3.8, 4) is 0 Å². The minimum atomic E-state index is 0.503. The topological polar surface area (TPSA) is 24.9 Å². The molecule has 0 atom stereocenters. The molecule has 0 unspecified atom stereocenters. The Morgan fingerprint density at radius 2 is 2.06 bits per heavy atom. The minimum Gasteiger partial charge on any atom is -0.366 e. The quantitative estimate of drug-likeness (QED) is 0.841. The molecule has 1 aromatic heterocycles. The van der Waals surface area contributed by atoms with Crippen molar-refractivity contribution in [1.82, 2.24) is 4.98 Å². The van der Waals surface area contributed by atoms with Gasteiger partial charge in [0.05, 0.1) is 9.50 Å². The Morgan fingerprint density at radius 1 is 1.41 bits per heavy atom. The number of pyridine rings is 1. The molecule has 94 valence electrons. The molecule has 17 heavy (non-hydrogen) atoms. The summed E-state index contributed by atoms with van der Waals surface area (Å²) < 4.78 is 0.940. The van der Waals surface area contributed by atoms with E-state index < -0.39 is 0 Å². The number of aromatic nitrogens is 1. The molecule has 0 bridgehead atoms. The van der Waals surface area contributed by atoms with Gasteiger partial charge >= 0.3 is 0 Å². The van der Waals surface area contributed by atoms with E-state index in [1.165, 1.54) is 25.7 Å². The van der Waals surface area contributed by atoms with Gasteiger partial charge in [-0.2, -0.15) is 0 Å². The molecule has 2 rings (SSSR count). The zero-order valence-corrected chi connectivity index (χ0v) is 12.6. The molecule has 1 aliphatic carbocycles. The number of hydrogen-bond donors (Lipinski definition) is 1. The van der Waals surface area contributed by atoms with E-state index in [9.17, 15) is 0 Å². The van der Waals surface area contributed by atoms with Crippen LogP contribution in [0, 0.1) is 5.41 Å². The van der Waals surface area contributed by atoms with Crippen LogP contribution < -0.4 is 5.32 Å². The molecule has 0 amide bonds. The maximum atomic E-state index is 5.88. The van der Waals surface area contributed by atoms with E-state index in [0.29, 0.717) is 16.5 Å². The van der Waals surface area contributed by atoms with Gasteiger partial charge in [-0.3, -0.25) is 0 Å². The van der Waals surface area contributed by atoms with Gasteiger partial charge in [-0.15, -0.1) is 0 Å². The number of hydrogen-bond acceptors (Lipinski definition) is 2. The Labute approximate surface area is 116 Å². The summed E-state index contributed by atoms with van der Waals surface area (Å²) in [5.41, 5.74) is 0.503. The first-order valence-corrected chi connectivity index (χ1v) is 7.21. The van der Waals surface area contributed by atoms with Gasteiger partial charge in [0.25, 0.3) is 0 Å². The summed E-state index contributed by atoms with van der Waals surface area (Å²) in [4.78, 5) is 4.32. The molecular weight excluding hydrogens is 300 g/mol. The van der Waals surface area contributed by atoms with Crippen LogP contribution in [0.5, 0.6) is 0 Å². The van der Waals surface area contributed by atoms with Gasteiger partial charge in [-0.1, -0.05) is 25.4 Å². The number of nitrogens with zero attached hydrogens (tertiary/aromatic N) is 1. The van der Waals surface area contributed by atoms with Crippen molar-refractivity contribution in [1.29, 1.82) is 0 Å². The summed E-state index contributed by atoms with van der Waals surface area (Å²) in [5.74, 6) is 0.902. The molecule has 1 aromatic rings. The highest BCUT2D eigenvalue weighted by Gasteiger charge is 2.27. The third kappa shape index (κ3) is 3.59. The van der Waals surface area contributed by atoms with Crippen LogP contribution in [-0.2, 0) is 0 Å². The summed E-state index contributed by atoms with van der Waals surface area (Å²) in [6, 6.07) is 2.41. The first kappa shape index (κ1) is 13.2. The monoisotopic (exact) mass is 316 g/mol. The van der Waals surface area contributed by atoms with Crippen molar-refractivity contribution in [2.24, 2.45) is 5.41 Å². The highest BCUT2D eigenvalue weighted by atomic mass is 79.9. The lowest BCUT2D eigenvalue weighted by Gasteiger charge is -2.34. The summed E-state index contributed by atoms with van der Waals surface area (Å²) in [5, 5.41) is 4.16. The zero-order valence-electron chi connectivity index (χ0n) is 10.3. The van der Waals surface area contributed by atoms with E-state index in [1.54, 1.807) is 6.20 Å². The predicted molar refractivity (Wildman–Crippen MR) is 76.6 cm³/mol. The number of anilines is 1. The average molecular weight is 318 g/mol. The summed E-state index contributed by atoms with van der Waals surface area (Å²) in [6.45, 7) is 4.69. The standard InChI is InChI=1S/C13H18BrClN2/c1-13(2)5-3-10(4-6-13)17-12-11(14)7-9(15)8-16-12/h7-8,10H,3-6H2,1-2H3,(H,16,17). The maximum Gasteiger partial charge on any atom is 0.140 e. The fourth-order valence-corrected chi connectivity index (χ4v) is 3.01. The molecule has 1 saturated carbocycles. The number of nitrogens with one attached hydrogen (secondary N) is 1. The van der Waals surface area contributed by atoms with Gasteiger partial charge in [0.15, 0.2) is 0 Å². The smallest absolute Gasteiger partial charge is 0.140 e. The van der Waals surface area contributed by atoms with Crippen molar-refractivity contribution >= 4 is 33.3 Å². The zero-order chi connectivity index (χ0) is 12.5. The Hall–Kier alpha value is -0.280. The highest BCUT2D eigenvalue weighted by Crippen LogP contribution is 2.36. The molecule has 2 nitrogen and oxygen atoms in total.